The van der Waals surface area contributed by atoms with Crippen molar-refractivity contribution >= 4 is 5.82 Å². The van der Waals surface area contributed by atoms with Crippen molar-refractivity contribution in [3.63, 3.8) is 0 Å². The first-order valence-corrected chi connectivity index (χ1v) is 6.05. The number of hydrogen-bond donors (Lipinski definition) is 2. The van der Waals surface area contributed by atoms with E-state index in [1.165, 1.54) is 12.1 Å². The van der Waals surface area contributed by atoms with Gasteiger partial charge in [-0.1, -0.05) is 0 Å². The second-order valence-electron chi connectivity index (χ2n) is 4.50. The molecule has 5 nitrogen and oxygen atoms in total. The molecular weight excluding hydrogens is 335 g/mol. The number of H-pyrrole nitrogens is 1. The maximum absolute atomic E-state index is 14.3. The molecular formula is C14H5F5N4O. The van der Waals surface area contributed by atoms with Gasteiger partial charge in [-0.15, -0.1) is 0 Å². The van der Waals surface area contributed by atoms with Gasteiger partial charge in [0.1, 0.15) is 40.7 Å². The monoisotopic (exact) mass is 340 g/mol. The summed E-state index contributed by atoms with van der Waals surface area (Å²) < 4.78 is 66.7. The SMILES string of the molecule is N#Cc1c(N)[nH]c(=O)c(C#N)c1-c1c(F)ccc(C(F)(F)F)c1F. The number of nitrogens with two attached hydrogens (primary N) is 1. The molecule has 0 aliphatic heterocycles. The summed E-state index contributed by atoms with van der Waals surface area (Å²) in [5.41, 5.74) is -1.55. The lowest BCUT2D eigenvalue weighted by Gasteiger charge is -2.14. The van der Waals surface area contributed by atoms with Crippen molar-refractivity contribution in [2.24, 2.45) is 0 Å². The molecule has 3 N–H and O–H groups in total. The van der Waals surface area contributed by atoms with Gasteiger partial charge in [0.25, 0.3) is 5.56 Å². The maximum Gasteiger partial charge on any atom is 0.419 e. The Morgan fingerprint density at radius 3 is 2.12 bits per heavy atom. The van der Waals surface area contributed by atoms with E-state index >= 15 is 0 Å². The fourth-order valence-corrected chi connectivity index (χ4v) is 2.09. The van der Waals surface area contributed by atoms with Crippen molar-refractivity contribution in [1.82, 2.24) is 4.98 Å². The topological polar surface area (TPSA) is 106 Å². The Bertz CT molecular complexity index is 979. The van der Waals surface area contributed by atoms with Crippen LogP contribution in [0.25, 0.3) is 11.1 Å². The Labute approximate surface area is 130 Å². The summed E-state index contributed by atoms with van der Waals surface area (Å²) in [7, 11) is 0. The predicted molar refractivity (Wildman–Crippen MR) is 71.3 cm³/mol. The van der Waals surface area contributed by atoms with Crippen molar-refractivity contribution < 1.29 is 22.0 Å². The van der Waals surface area contributed by atoms with Crippen molar-refractivity contribution in [1.29, 1.82) is 10.5 Å². The van der Waals surface area contributed by atoms with Crippen molar-refractivity contribution in [3.05, 3.63) is 50.8 Å². The third kappa shape index (κ3) is 2.54. The second kappa shape index (κ2) is 5.66. The van der Waals surface area contributed by atoms with Crippen LogP contribution in [0.5, 0.6) is 0 Å². The van der Waals surface area contributed by atoms with Crippen LogP contribution in [0.15, 0.2) is 16.9 Å². The first kappa shape index (κ1) is 17.0. The minimum atomic E-state index is -5.15. The van der Waals surface area contributed by atoms with Gasteiger partial charge >= 0.3 is 6.18 Å². The number of pyridine rings is 1. The Morgan fingerprint density at radius 2 is 1.62 bits per heavy atom. The van der Waals surface area contributed by atoms with E-state index in [1.807, 2.05) is 4.98 Å². The molecule has 1 aromatic carbocycles. The summed E-state index contributed by atoms with van der Waals surface area (Å²) in [6, 6.07) is 3.22. The van der Waals surface area contributed by atoms with Crippen molar-refractivity contribution in [2.75, 3.05) is 5.73 Å². The molecule has 0 saturated heterocycles. The average molecular weight is 340 g/mol. The number of nitrogens with zero attached hydrogens (tertiary/aromatic N) is 2. The lowest BCUT2D eigenvalue weighted by molar-refractivity contribution is -0.139. The fourth-order valence-electron chi connectivity index (χ4n) is 2.09. The number of rotatable bonds is 1. The van der Waals surface area contributed by atoms with Gasteiger partial charge in [-0.25, -0.2) is 8.78 Å². The van der Waals surface area contributed by atoms with Crippen LogP contribution < -0.4 is 11.3 Å². The molecule has 2 rings (SSSR count). The van der Waals surface area contributed by atoms with Gasteiger partial charge in [-0.05, 0) is 12.1 Å². The lowest BCUT2D eigenvalue weighted by Crippen LogP contribution is -2.18. The molecule has 0 aliphatic carbocycles. The van der Waals surface area contributed by atoms with E-state index in [0.717, 1.165) is 0 Å². The van der Waals surface area contributed by atoms with E-state index in [2.05, 4.69) is 0 Å². The summed E-state index contributed by atoms with van der Waals surface area (Å²) >= 11 is 0. The third-order valence-corrected chi connectivity index (χ3v) is 3.11. The number of hydrogen-bond acceptors (Lipinski definition) is 4. The zero-order valence-electron chi connectivity index (χ0n) is 11.4. The summed E-state index contributed by atoms with van der Waals surface area (Å²) in [5.74, 6) is -4.17. The molecule has 0 unspecified atom stereocenters. The number of halogens is 5. The molecule has 0 saturated carbocycles. The molecule has 122 valence electrons. The highest BCUT2D eigenvalue weighted by molar-refractivity contribution is 5.81. The first-order chi connectivity index (χ1) is 11.1. The van der Waals surface area contributed by atoms with E-state index in [4.69, 9.17) is 16.3 Å². The minimum absolute atomic E-state index is 0.169. The molecule has 2 aromatic rings. The Hall–Kier alpha value is -3.40. The molecule has 1 aromatic heterocycles. The smallest absolute Gasteiger partial charge is 0.384 e. The van der Waals surface area contributed by atoms with Crippen LogP contribution in [0.1, 0.15) is 16.7 Å². The van der Waals surface area contributed by atoms with Gasteiger partial charge in [0.2, 0.25) is 0 Å². The van der Waals surface area contributed by atoms with Crippen LogP contribution in [-0.4, -0.2) is 4.98 Å². The third-order valence-electron chi connectivity index (χ3n) is 3.11. The van der Waals surface area contributed by atoms with Gasteiger partial charge in [-0.3, -0.25) is 4.79 Å². The quantitative estimate of drug-likeness (QED) is 0.778. The number of benzene rings is 1. The predicted octanol–water partition coefficient (Wildman–Crippen LogP) is 2.66. The number of nitrogens with one attached hydrogen (secondary N) is 1. The van der Waals surface area contributed by atoms with Crippen LogP contribution in [0.2, 0.25) is 0 Å². The molecule has 0 aliphatic rings. The van der Waals surface area contributed by atoms with Gasteiger partial charge < -0.3 is 10.7 Å². The molecule has 10 heteroatoms. The number of aromatic nitrogens is 1. The highest BCUT2D eigenvalue weighted by Crippen LogP contribution is 2.39. The van der Waals surface area contributed by atoms with E-state index in [-0.39, 0.29) is 6.07 Å². The number of nitrogen functional groups attached to an aromatic ring is 1. The highest BCUT2D eigenvalue weighted by Gasteiger charge is 2.37. The van der Waals surface area contributed by atoms with Crippen molar-refractivity contribution in [2.45, 2.75) is 6.18 Å². The Kier molecular flexibility index (Phi) is 4.00. The minimum Gasteiger partial charge on any atom is -0.384 e. The Balaban J connectivity index is 3.07. The highest BCUT2D eigenvalue weighted by atomic mass is 19.4. The number of anilines is 1. The maximum atomic E-state index is 14.3. The van der Waals surface area contributed by atoms with Crippen LogP contribution in [0.4, 0.5) is 27.8 Å². The summed E-state index contributed by atoms with van der Waals surface area (Å²) in [6.07, 6.45) is -5.15. The van der Waals surface area contributed by atoms with Gasteiger partial charge in [-0.2, -0.15) is 23.7 Å². The van der Waals surface area contributed by atoms with Gasteiger partial charge in [0.15, 0.2) is 0 Å². The molecule has 24 heavy (non-hydrogen) atoms. The van der Waals surface area contributed by atoms with E-state index in [1.54, 1.807) is 0 Å². The van der Waals surface area contributed by atoms with Crippen LogP contribution in [-0.2, 0) is 6.18 Å². The van der Waals surface area contributed by atoms with Gasteiger partial charge in [0.05, 0.1) is 11.1 Å². The zero-order chi connectivity index (χ0) is 18.2. The van der Waals surface area contributed by atoms with E-state index < -0.39 is 57.0 Å². The summed E-state index contributed by atoms with van der Waals surface area (Å²) in [5, 5.41) is 18.0. The number of nitriles is 2. The van der Waals surface area contributed by atoms with Crippen LogP contribution in [0, 0.1) is 34.3 Å². The molecule has 0 amide bonds. The molecule has 0 bridgehead atoms. The number of alkyl halides is 3. The average Bonchev–Trinajstić information content (AvgIpc) is 2.46. The number of aromatic amines is 1. The molecule has 1 heterocycles. The molecule has 0 radical (unpaired) electrons. The summed E-state index contributed by atoms with van der Waals surface area (Å²) in [4.78, 5) is 13.6. The Morgan fingerprint density at radius 1 is 1.04 bits per heavy atom. The van der Waals surface area contributed by atoms with E-state index in [0.29, 0.717) is 6.07 Å². The zero-order valence-corrected chi connectivity index (χ0v) is 11.4. The van der Waals surface area contributed by atoms with Crippen molar-refractivity contribution in [3.8, 4) is 23.3 Å². The van der Waals surface area contributed by atoms with Crippen LogP contribution >= 0.6 is 0 Å². The van der Waals surface area contributed by atoms with Crippen LogP contribution in [0.3, 0.4) is 0 Å². The van der Waals surface area contributed by atoms with Gasteiger partial charge in [0, 0.05) is 5.56 Å². The first-order valence-electron chi connectivity index (χ1n) is 6.05. The standard InChI is InChI=1S/C14H5F5N4O/c15-8-2-1-7(14(17,18)19)11(16)10(8)9-5(3-20)12(22)23-13(24)6(9)4-21/h1-2H,(H3,22,23,24). The summed E-state index contributed by atoms with van der Waals surface area (Å²) in [6.45, 7) is 0. The molecule has 0 spiro atoms. The fraction of sp³-hybridized carbons (Fsp3) is 0.0714. The van der Waals surface area contributed by atoms with E-state index in [9.17, 15) is 26.7 Å². The second-order valence-corrected chi connectivity index (χ2v) is 4.50. The lowest BCUT2D eigenvalue weighted by atomic mass is 9.94. The molecule has 0 fully saturated rings. The normalized spacial score (nSPS) is 11.0. The molecule has 0 atom stereocenters. The largest absolute Gasteiger partial charge is 0.419 e.